The predicted molar refractivity (Wildman–Crippen MR) is 147 cm³/mol. The summed E-state index contributed by atoms with van der Waals surface area (Å²) in [6, 6.07) is 20.6. The number of benzene rings is 3. The third-order valence-corrected chi connectivity index (χ3v) is 8.79. The molecular weight excluding hydrogens is 578 g/mol. The van der Waals surface area contributed by atoms with Crippen molar-refractivity contribution in [2.24, 2.45) is 0 Å². The van der Waals surface area contributed by atoms with Gasteiger partial charge in [-0.15, -0.1) is 0 Å². The average Bonchev–Trinajstić information content (AvgIpc) is 2.88. The van der Waals surface area contributed by atoms with Gasteiger partial charge >= 0.3 is 0 Å². The van der Waals surface area contributed by atoms with E-state index in [0.717, 1.165) is 10.0 Å². The van der Waals surface area contributed by atoms with Crippen LogP contribution in [0.2, 0.25) is 5.02 Å². The van der Waals surface area contributed by atoms with Crippen molar-refractivity contribution in [2.45, 2.75) is 24.3 Å². The number of hydrogen-bond donors (Lipinski definition) is 1. The fourth-order valence-electron chi connectivity index (χ4n) is 4.32. The number of halogens is 2. The van der Waals surface area contributed by atoms with Crippen LogP contribution in [-0.4, -0.2) is 61.7 Å². The normalized spacial score (nSPS) is 15.3. The second kappa shape index (κ2) is 11.8. The molecule has 1 heterocycles. The standard InChI is InChI=1S/C27H27BrClN3O4S/c1-19(16-20-6-4-7-21(28)17-20)30-26(33)24-10-2-3-11-25(24)27(34)31-12-14-32(15-13-31)37(35,36)23-9-5-8-22(29)18-23/h2-11,17-19H,12-16H2,1H3,(H,30,33). The fourth-order valence-corrected chi connectivity index (χ4v) is 6.49. The SMILES string of the molecule is CC(Cc1cccc(Br)c1)NC(=O)c1ccccc1C(=O)N1CCN(S(=O)(=O)c2cccc(Cl)c2)CC1. The van der Waals surface area contributed by atoms with Crippen LogP contribution in [0.15, 0.2) is 82.2 Å². The highest BCUT2D eigenvalue weighted by Crippen LogP contribution is 2.22. The first-order valence-corrected chi connectivity index (χ1v) is 14.5. The molecule has 1 unspecified atom stereocenters. The van der Waals surface area contributed by atoms with E-state index in [1.807, 2.05) is 31.2 Å². The van der Waals surface area contributed by atoms with E-state index >= 15 is 0 Å². The van der Waals surface area contributed by atoms with Gasteiger partial charge in [0.15, 0.2) is 0 Å². The van der Waals surface area contributed by atoms with E-state index in [1.165, 1.54) is 16.4 Å². The Kier molecular flexibility index (Phi) is 8.69. The summed E-state index contributed by atoms with van der Waals surface area (Å²) in [5.41, 5.74) is 1.67. The molecule has 3 aromatic rings. The molecule has 1 N–H and O–H groups in total. The van der Waals surface area contributed by atoms with Crippen LogP contribution in [-0.2, 0) is 16.4 Å². The molecule has 0 aromatic heterocycles. The van der Waals surface area contributed by atoms with Gasteiger partial charge in [-0.25, -0.2) is 8.42 Å². The van der Waals surface area contributed by atoms with E-state index in [4.69, 9.17) is 11.6 Å². The molecule has 2 amide bonds. The number of nitrogens with one attached hydrogen (secondary N) is 1. The third kappa shape index (κ3) is 6.59. The molecule has 4 rings (SSSR count). The lowest BCUT2D eigenvalue weighted by Gasteiger charge is -2.34. The van der Waals surface area contributed by atoms with Gasteiger partial charge in [0.25, 0.3) is 11.8 Å². The van der Waals surface area contributed by atoms with Crippen molar-refractivity contribution in [1.29, 1.82) is 0 Å². The molecule has 7 nitrogen and oxygen atoms in total. The maximum Gasteiger partial charge on any atom is 0.254 e. The lowest BCUT2D eigenvalue weighted by molar-refractivity contribution is 0.0692. The molecule has 1 aliphatic heterocycles. The first kappa shape index (κ1) is 27.3. The van der Waals surface area contributed by atoms with Crippen LogP contribution in [0.1, 0.15) is 33.2 Å². The molecule has 1 fully saturated rings. The molecule has 3 aromatic carbocycles. The number of sulfonamides is 1. The minimum Gasteiger partial charge on any atom is -0.349 e. The monoisotopic (exact) mass is 603 g/mol. The zero-order valence-corrected chi connectivity index (χ0v) is 23.4. The lowest BCUT2D eigenvalue weighted by atomic mass is 10.0. The summed E-state index contributed by atoms with van der Waals surface area (Å²) in [6.07, 6.45) is 0.643. The van der Waals surface area contributed by atoms with Crippen LogP contribution in [0.5, 0.6) is 0 Å². The molecule has 0 saturated carbocycles. The van der Waals surface area contributed by atoms with Gasteiger partial charge in [-0.1, -0.05) is 57.9 Å². The molecule has 0 aliphatic carbocycles. The number of carbonyl (C=O) groups excluding carboxylic acids is 2. The molecule has 0 bridgehead atoms. The van der Waals surface area contributed by atoms with Gasteiger partial charge in [0.2, 0.25) is 10.0 Å². The first-order chi connectivity index (χ1) is 17.6. The Morgan fingerprint density at radius 1 is 0.946 bits per heavy atom. The van der Waals surface area contributed by atoms with Crippen molar-refractivity contribution in [2.75, 3.05) is 26.2 Å². The van der Waals surface area contributed by atoms with E-state index in [9.17, 15) is 18.0 Å². The van der Waals surface area contributed by atoms with Crippen molar-refractivity contribution in [1.82, 2.24) is 14.5 Å². The Balaban J connectivity index is 1.41. The largest absolute Gasteiger partial charge is 0.349 e. The topological polar surface area (TPSA) is 86.8 Å². The van der Waals surface area contributed by atoms with Crippen molar-refractivity contribution < 1.29 is 18.0 Å². The third-order valence-electron chi connectivity index (χ3n) is 6.17. The van der Waals surface area contributed by atoms with Crippen molar-refractivity contribution in [3.8, 4) is 0 Å². The Morgan fingerprint density at radius 2 is 1.62 bits per heavy atom. The molecule has 10 heteroatoms. The maximum atomic E-state index is 13.4. The van der Waals surface area contributed by atoms with E-state index < -0.39 is 10.0 Å². The molecule has 0 spiro atoms. The summed E-state index contributed by atoms with van der Waals surface area (Å²) in [7, 11) is -3.72. The van der Waals surface area contributed by atoms with Crippen LogP contribution < -0.4 is 5.32 Å². The summed E-state index contributed by atoms with van der Waals surface area (Å²) in [4.78, 5) is 28.2. The van der Waals surface area contributed by atoms with Crippen molar-refractivity contribution >= 4 is 49.4 Å². The number of rotatable bonds is 7. The maximum absolute atomic E-state index is 13.4. The summed E-state index contributed by atoms with van der Waals surface area (Å²) in [5, 5.41) is 3.33. The highest BCUT2D eigenvalue weighted by atomic mass is 79.9. The van der Waals surface area contributed by atoms with Gasteiger partial charge in [0.1, 0.15) is 0 Å². The van der Waals surface area contributed by atoms with E-state index in [1.54, 1.807) is 41.3 Å². The Labute approximate surface area is 230 Å². The molecule has 0 radical (unpaired) electrons. The van der Waals surface area contributed by atoms with Gasteiger partial charge < -0.3 is 10.2 Å². The molecule has 37 heavy (non-hydrogen) atoms. The highest BCUT2D eigenvalue weighted by Gasteiger charge is 2.31. The van der Waals surface area contributed by atoms with Crippen LogP contribution in [0, 0.1) is 0 Å². The Morgan fingerprint density at radius 3 is 2.30 bits per heavy atom. The van der Waals surface area contributed by atoms with Crippen LogP contribution in [0.25, 0.3) is 0 Å². The van der Waals surface area contributed by atoms with Gasteiger partial charge in [0, 0.05) is 41.7 Å². The van der Waals surface area contributed by atoms with E-state index in [0.29, 0.717) is 22.6 Å². The Hall–Kier alpha value is -2.72. The number of hydrogen-bond acceptors (Lipinski definition) is 4. The average molecular weight is 605 g/mol. The summed E-state index contributed by atoms with van der Waals surface area (Å²) >= 11 is 9.43. The quantitative estimate of drug-likeness (QED) is 0.427. The van der Waals surface area contributed by atoms with Crippen molar-refractivity contribution in [3.05, 3.63) is 99.0 Å². The van der Waals surface area contributed by atoms with E-state index in [2.05, 4.69) is 21.2 Å². The van der Waals surface area contributed by atoms with Crippen LogP contribution >= 0.6 is 27.5 Å². The number of piperazine rings is 1. The zero-order valence-electron chi connectivity index (χ0n) is 20.2. The first-order valence-electron chi connectivity index (χ1n) is 11.8. The minimum atomic E-state index is -3.72. The lowest BCUT2D eigenvalue weighted by Crippen LogP contribution is -2.50. The summed E-state index contributed by atoms with van der Waals surface area (Å²) in [5.74, 6) is -0.626. The van der Waals surface area contributed by atoms with Gasteiger partial charge in [0.05, 0.1) is 16.0 Å². The van der Waals surface area contributed by atoms with Crippen LogP contribution in [0.3, 0.4) is 0 Å². The summed E-state index contributed by atoms with van der Waals surface area (Å²) in [6.45, 7) is 2.65. The minimum absolute atomic E-state index is 0.124. The van der Waals surface area contributed by atoms with E-state index in [-0.39, 0.29) is 48.9 Å². The summed E-state index contributed by atoms with van der Waals surface area (Å²) < 4.78 is 28.3. The van der Waals surface area contributed by atoms with Crippen molar-refractivity contribution in [3.63, 3.8) is 0 Å². The second-order valence-corrected chi connectivity index (χ2v) is 12.2. The Bertz CT molecular complexity index is 1410. The van der Waals surface area contributed by atoms with Crippen LogP contribution in [0.4, 0.5) is 0 Å². The molecule has 194 valence electrons. The number of carbonyl (C=O) groups is 2. The smallest absolute Gasteiger partial charge is 0.254 e. The molecule has 1 atom stereocenters. The highest BCUT2D eigenvalue weighted by molar-refractivity contribution is 9.10. The van der Waals surface area contributed by atoms with Gasteiger partial charge in [-0.2, -0.15) is 4.31 Å². The molecule has 1 saturated heterocycles. The molecule has 1 aliphatic rings. The fraction of sp³-hybridized carbons (Fsp3) is 0.259. The van der Waals surface area contributed by atoms with Gasteiger partial charge in [-0.3, -0.25) is 9.59 Å². The number of nitrogens with zero attached hydrogens (tertiary/aromatic N) is 2. The zero-order chi connectivity index (χ0) is 26.6. The second-order valence-electron chi connectivity index (χ2n) is 8.91. The van der Waals surface area contributed by atoms with Gasteiger partial charge in [-0.05, 0) is 61.4 Å². The molecular formula is C27H27BrClN3O4S. The predicted octanol–water partition coefficient (Wildman–Crippen LogP) is 4.61. The number of amides is 2.